The first-order valence-corrected chi connectivity index (χ1v) is 7.56. The lowest BCUT2D eigenvalue weighted by Gasteiger charge is -2.09. The van der Waals surface area contributed by atoms with E-state index in [1.54, 1.807) is 0 Å². The van der Waals surface area contributed by atoms with Crippen LogP contribution in [-0.4, -0.2) is 16.3 Å². The second-order valence-electron chi connectivity index (χ2n) is 4.68. The summed E-state index contributed by atoms with van der Waals surface area (Å²) < 4.78 is 8.80. The first-order valence-electron chi connectivity index (χ1n) is 6.77. The minimum atomic E-state index is 0.521. The second-order valence-corrected chi connectivity index (χ2v) is 5.54. The van der Waals surface area contributed by atoms with E-state index in [1.807, 2.05) is 29.9 Å². The Morgan fingerprint density at radius 2 is 2.15 bits per heavy atom. The molecule has 0 spiro atoms. The molecule has 1 aromatic heterocycles. The third kappa shape index (κ3) is 3.61. The molecule has 1 heterocycles. The van der Waals surface area contributed by atoms with Crippen LogP contribution in [0.15, 0.2) is 28.7 Å². The summed E-state index contributed by atoms with van der Waals surface area (Å²) in [6, 6.07) is 8.08. The van der Waals surface area contributed by atoms with Gasteiger partial charge in [-0.2, -0.15) is 5.10 Å². The molecule has 0 aliphatic carbocycles. The highest BCUT2D eigenvalue weighted by Crippen LogP contribution is 2.23. The van der Waals surface area contributed by atoms with Gasteiger partial charge in [-0.1, -0.05) is 22.9 Å². The lowest BCUT2D eigenvalue weighted by atomic mass is 10.1. The van der Waals surface area contributed by atoms with Gasteiger partial charge in [0, 0.05) is 11.5 Å². The Balaban J connectivity index is 2.06. The molecule has 1 aromatic carbocycles. The molecular formula is C15H20BrN3O. The van der Waals surface area contributed by atoms with E-state index >= 15 is 0 Å². The van der Waals surface area contributed by atoms with Crippen LogP contribution < -0.4 is 10.5 Å². The maximum absolute atomic E-state index is 5.85. The first-order chi connectivity index (χ1) is 9.63. The van der Waals surface area contributed by atoms with E-state index in [0.717, 1.165) is 34.5 Å². The van der Waals surface area contributed by atoms with E-state index in [2.05, 4.69) is 34.0 Å². The standard InChI is InChI=1S/C15H20BrN3O/c1-3-12-9-13(19(2)18-12)10-20-14-4-5-15(16)11(8-14)6-7-17/h4-5,8-9H,3,6-7,10,17H2,1-2H3. The van der Waals surface area contributed by atoms with Crippen LogP contribution in [0.5, 0.6) is 5.75 Å². The SMILES string of the molecule is CCc1cc(COc2ccc(Br)c(CCN)c2)n(C)n1. The highest BCUT2D eigenvalue weighted by atomic mass is 79.9. The number of ether oxygens (including phenoxy) is 1. The lowest BCUT2D eigenvalue weighted by molar-refractivity contribution is 0.294. The van der Waals surface area contributed by atoms with Gasteiger partial charge in [0.25, 0.3) is 0 Å². The molecule has 0 amide bonds. The summed E-state index contributed by atoms with van der Waals surface area (Å²) >= 11 is 3.53. The van der Waals surface area contributed by atoms with Gasteiger partial charge in [-0.25, -0.2) is 0 Å². The molecule has 0 aliphatic rings. The summed E-state index contributed by atoms with van der Waals surface area (Å²) in [5.74, 6) is 0.857. The number of hydrogen-bond donors (Lipinski definition) is 1. The fourth-order valence-electron chi connectivity index (χ4n) is 2.02. The molecule has 0 radical (unpaired) electrons. The molecule has 20 heavy (non-hydrogen) atoms. The molecule has 5 heteroatoms. The van der Waals surface area contributed by atoms with Crippen LogP contribution in [0.1, 0.15) is 23.9 Å². The summed E-state index contributed by atoms with van der Waals surface area (Å²) in [7, 11) is 1.94. The van der Waals surface area contributed by atoms with Gasteiger partial charge in [-0.3, -0.25) is 4.68 Å². The Morgan fingerprint density at radius 1 is 1.35 bits per heavy atom. The fourth-order valence-corrected chi connectivity index (χ4v) is 2.47. The molecule has 4 nitrogen and oxygen atoms in total. The van der Waals surface area contributed by atoms with Crippen molar-refractivity contribution in [3.63, 3.8) is 0 Å². The van der Waals surface area contributed by atoms with E-state index in [0.29, 0.717) is 13.2 Å². The van der Waals surface area contributed by atoms with Crippen molar-refractivity contribution in [2.45, 2.75) is 26.4 Å². The number of benzene rings is 1. The maximum Gasteiger partial charge on any atom is 0.130 e. The predicted octanol–water partition coefficient (Wildman–Crippen LogP) is 2.83. The zero-order valence-corrected chi connectivity index (χ0v) is 13.5. The van der Waals surface area contributed by atoms with E-state index in [9.17, 15) is 0 Å². The summed E-state index contributed by atoms with van der Waals surface area (Å²) in [5.41, 5.74) is 8.94. The monoisotopic (exact) mass is 337 g/mol. The summed E-state index contributed by atoms with van der Waals surface area (Å²) in [6.45, 7) is 3.25. The van der Waals surface area contributed by atoms with Crippen LogP contribution in [0.3, 0.4) is 0 Å². The van der Waals surface area contributed by atoms with Gasteiger partial charge >= 0.3 is 0 Å². The zero-order chi connectivity index (χ0) is 14.5. The van der Waals surface area contributed by atoms with Crippen molar-refractivity contribution in [3.05, 3.63) is 45.7 Å². The minimum absolute atomic E-state index is 0.521. The van der Waals surface area contributed by atoms with Gasteiger partial charge in [0.15, 0.2) is 0 Å². The van der Waals surface area contributed by atoms with Crippen LogP contribution in [0.4, 0.5) is 0 Å². The van der Waals surface area contributed by atoms with E-state index < -0.39 is 0 Å². The van der Waals surface area contributed by atoms with Gasteiger partial charge in [0.1, 0.15) is 12.4 Å². The number of nitrogens with two attached hydrogens (primary N) is 1. The van der Waals surface area contributed by atoms with Gasteiger partial charge in [-0.05, 0) is 49.2 Å². The first kappa shape index (κ1) is 15.1. The summed E-state index contributed by atoms with van der Waals surface area (Å²) in [5, 5.41) is 4.42. The summed E-state index contributed by atoms with van der Waals surface area (Å²) in [6.07, 6.45) is 1.77. The Morgan fingerprint density at radius 3 is 2.80 bits per heavy atom. The van der Waals surface area contributed by atoms with Crippen molar-refractivity contribution in [3.8, 4) is 5.75 Å². The van der Waals surface area contributed by atoms with Crippen LogP contribution in [0, 0.1) is 0 Å². The Bertz CT molecular complexity index is 580. The van der Waals surface area contributed by atoms with Gasteiger partial charge in [0.05, 0.1) is 11.4 Å². The molecule has 0 aliphatic heterocycles. The highest BCUT2D eigenvalue weighted by Gasteiger charge is 2.06. The van der Waals surface area contributed by atoms with Gasteiger partial charge < -0.3 is 10.5 Å². The molecule has 0 bridgehead atoms. The Labute approximate surface area is 128 Å². The van der Waals surface area contributed by atoms with Gasteiger partial charge in [-0.15, -0.1) is 0 Å². The Kier molecular flexibility index (Phi) is 5.20. The third-order valence-electron chi connectivity index (χ3n) is 3.21. The largest absolute Gasteiger partial charge is 0.487 e. The van der Waals surface area contributed by atoms with Crippen LogP contribution in [-0.2, 0) is 26.5 Å². The average Bonchev–Trinajstić information content (AvgIpc) is 2.80. The second kappa shape index (κ2) is 6.90. The number of hydrogen-bond acceptors (Lipinski definition) is 3. The Hall–Kier alpha value is -1.33. The van der Waals surface area contributed by atoms with Crippen molar-refractivity contribution < 1.29 is 4.74 Å². The third-order valence-corrected chi connectivity index (χ3v) is 3.98. The van der Waals surface area contributed by atoms with Crippen molar-refractivity contribution in [1.29, 1.82) is 0 Å². The topological polar surface area (TPSA) is 53.1 Å². The fraction of sp³-hybridized carbons (Fsp3) is 0.400. The van der Waals surface area contributed by atoms with Crippen molar-refractivity contribution in [2.75, 3.05) is 6.54 Å². The normalized spacial score (nSPS) is 10.8. The van der Waals surface area contributed by atoms with E-state index in [1.165, 1.54) is 5.56 Å². The molecular weight excluding hydrogens is 318 g/mol. The van der Waals surface area contributed by atoms with E-state index in [-0.39, 0.29) is 0 Å². The van der Waals surface area contributed by atoms with E-state index in [4.69, 9.17) is 10.5 Å². The predicted molar refractivity (Wildman–Crippen MR) is 83.8 cm³/mol. The maximum atomic E-state index is 5.85. The smallest absolute Gasteiger partial charge is 0.130 e. The molecule has 2 aromatic rings. The molecule has 108 valence electrons. The number of halogens is 1. The van der Waals surface area contributed by atoms with Crippen LogP contribution >= 0.6 is 15.9 Å². The van der Waals surface area contributed by atoms with Crippen molar-refractivity contribution in [1.82, 2.24) is 9.78 Å². The van der Waals surface area contributed by atoms with Crippen LogP contribution in [0.25, 0.3) is 0 Å². The number of rotatable bonds is 6. The van der Waals surface area contributed by atoms with Crippen molar-refractivity contribution >= 4 is 15.9 Å². The molecule has 0 fully saturated rings. The molecule has 0 unspecified atom stereocenters. The molecule has 0 saturated carbocycles. The quantitative estimate of drug-likeness (QED) is 0.881. The molecule has 0 atom stereocenters. The molecule has 2 rings (SSSR count). The highest BCUT2D eigenvalue weighted by molar-refractivity contribution is 9.10. The molecule has 0 saturated heterocycles. The molecule has 2 N–H and O–H groups in total. The van der Waals surface area contributed by atoms with Crippen molar-refractivity contribution in [2.24, 2.45) is 12.8 Å². The van der Waals surface area contributed by atoms with Crippen LogP contribution in [0.2, 0.25) is 0 Å². The van der Waals surface area contributed by atoms with Gasteiger partial charge in [0.2, 0.25) is 0 Å². The summed E-state index contributed by atoms with van der Waals surface area (Å²) in [4.78, 5) is 0. The number of aromatic nitrogens is 2. The lowest BCUT2D eigenvalue weighted by Crippen LogP contribution is -2.05. The number of nitrogens with zero attached hydrogens (tertiary/aromatic N) is 2. The average molecular weight is 338 g/mol. The number of aryl methyl sites for hydroxylation is 2. The zero-order valence-electron chi connectivity index (χ0n) is 11.9. The minimum Gasteiger partial charge on any atom is -0.487 e.